The largest absolute Gasteiger partial charge is 0.489 e. The fraction of sp³-hybridized carbons (Fsp3) is 0.625. The zero-order valence-corrected chi connectivity index (χ0v) is 12.5. The number of ether oxygens (including phenoxy) is 2. The van der Waals surface area contributed by atoms with Gasteiger partial charge in [0.1, 0.15) is 5.75 Å². The van der Waals surface area contributed by atoms with Crippen LogP contribution in [0.15, 0.2) is 18.2 Å². The van der Waals surface area contributed by atoms with E-state index in [1.54, 1.807) is 0 Å². The summed E-state index contributed by atoms with van der Waals surface area (Å²) < 4.78 is 11.5. The van der Waals surface area contributed by atoms with Crippen LogP contribution >= 0.6 is 0 Å². The SMILES string of the molecule is CC(C)Oc1cccc(NCCOC2CCCC2)c1N. The number of nitrogen functional groups attached to an aromatic ring is 1. The fourth-order valence-corrected chi connectivity index (χ4v) is 2.52. The highest BCUT2D eigenvalue weighted by atomic mass is 16.5. The van der Waals surface area contributed by atoms with E-state index in [0.29, 0.717) is 11.8 Å². The second-order valence-corrected chi connectivity index (χ2v) is 5.59. The normalized spacial score (nSPS) is 15.8. The van der Waals surface area contributed by atoms with Crippen molar-refractivity contribution in [1.82, 2.24) is 0 Å². The minimum Gasteiger partial charge on any atom is -0.489 e. The van der Waals surface area contributed by atoms with Crippen molar-refractivity contribution >= 4 is 11.4 Å². The predicted molar refractivity (Wildman–Crippen MR) is 83.3 cm³/mol. The Morgan fingerprint density at radius 1 is 1.30 bits per heavy atom. The minimum absolute atomic E-state index is 0.123. The Morgan fingerprint density at radius 3 is 2.75 bits per heavy atom. The summed E-state index contributed by atoms with van der Waals surface area (Å²) in [5, 5.41) is 3.32. The summed E-state index contributed by atoms with van der Waals surface area (Å²) in [7, 11) is 0. The molecule has 0 spiro atoms. The molecule has 0 heterocycles. The van der Waals surface area contributed by atoms with Crippen molar-refractivity contribution in [3.8, 4) is 5.75 Å². The average Bonchev–Trinajstić information content (AvgIpc) is 2.91. The van der Waals surface area contributed by atoms with E-state index in [1.807, 2.05) is 32.0 Å². The van der Waals surface area contributed by atoms with Gasteiger partial charge in [-0.15, -0.1) is 0 Å². The molecule has 112 valence electrons. The van der Waals surface area contributed by atoms with E-state index in [-0.39, 0.29) is 6.10 Å². The van der Waals surface area contributed by atoms with Gasteiger partial charge in [0.05, 0.1) is 30.2 Å². The van der Waals surface area contributed by atoms with E-state index in [0.717, 1.165) is 24.6 Å². The molecule has 2 rings (SSSR count). The second-order valence-electron chi connectivity index (χ2n) is 5.59. The van der Waals surface area contributed by atoms with Crippen LogP contribution in [0, 0.1) is 0 Å². The summed E-state index contributed by atoms with van der Waals surface area (Å²) in [6.45, 7) is 5.48. The van der Waals surface area contributed by atoms with E-state index in [2.05, 4.69) is 5.32 Å². The van der Waals surface area contributed by atoms with Crippen molar-refractivity contribution in [3.63, 3.8) is 0 Å². The summed E-state index contributed by atoms with van der Waals surface area (Å²) >= 11 is 0. The van der Waals surface area contributed by atoms with Crippen molar-refractivity contribution < 1.29 is 9.47 Å². The molecule has 4 nitrogen and oxygen atoms in total. The van der Waals surface area contributed by atoms with Gasteiger partial charge >= 0.3 is 0 Å². The Bertz CT molecular complexity index is 415. The Hall–Kier alpha value is -1.42. The number of hydrogen-bond acceptors (Lipinski definition) is 4. The standard InChI is InChI=1S/C16H26N2O2/c1-12(2)20-15-9-5-8-14(16(15)17)18-10-11-19-13-6-3-4-7-13/h5,8-9,12-13,18H,3-4,6-7,10-11,17H2,1-2H3. The third-order valence-corrected chi connectivity index (χ3v) is 3.50. The predicted octanol–water partition coefficient (Wildman–Crippen LogP) is 3.43. The molecule has 3 N–H and O–H groups in total. The lowest BCUT2D eigenvalue weighted by atomic mass is 10.2. The highest BCUT2D eigenvalue weighted by molar-refractivity contribution is 5.72. The van der Waals surface area contributed by atoms with Crippen LogP contribution in [0.25, 0.3) is 0 Å². The van der Waals surface area contributed by atoms with Crippen LogP contribution in [0.3, 0.4) is 0 Å². The monoisotopic (exact) mass is 278 g/mol. The highest BCUT2D eigenvalue weighted by Gasteiger charge is 2.14. The summed E-state index contributed by atoms with van der Waals surface area (Å²) in [4.78, 5) is 0. The molecule has 0 amide bonds. The maximum absolute atomic E-state index is 6.11. The molecule has 1 saturated carbocycles. The molecule has 0 bridgehead atoms. The van der Waals surface area contributed by atoms with E-state index in [1.165, 1.54) is 25.7 Å². The van der Waals surface area contributed by atoms with E-state index in [4.69, 9.17) is 15.2 Å². The molecule has 0 aliphatic heterocycles. The van der Waals surface area contributed by atoms with Gasteiger partial charge < -0.3 is 20.5 Å². The Labute approximate surface area is 121 Å². The topological polar surface area (TPSA) is 56.5 Å². The van der Waals surface area contributed by atoms with Gasteiger partial charge in [0, 0.05) is 6.54 Å². The number of nitrogens with two attached hydrogens (primary N) is 1. The maximum Gasteiger partial charge on any atom is 0.144 e. The Balaban J connectivity index is 1.79. The third kappa shape index (κ3) is 4.30. The first kappa shape index (κ1) is 15.0. The minimum atomic E-state index is 0.123. The molecule has 0 radical (unpaired) electrons. The lowest BCUT2D eigenvalue weighted by molar-refractivity contribution is 0.0659. The first-order valence-electron chi connectivity index (χ1n) is 7.57. The molecule has 1 aromatic carbocycles. The van der Waals surface area contributed by atoms with Crippen LogP contribution in [-0.4, -0.2) is 25.4 Å². The zero-order valence-electron chi connectivity index (χ0n) is 12.5. The molecule has 0 saturated heterocycles. The number of benzene rings is 1. The number of anilines is 2. The van der Waals surface area contributed by atoms with Crippen molar-refractivity contribution in [2.75, 3.05) is 24.2 Å². The van der Waals surface area contributed by atoms with Gasteiger partial charge in [0.2, 0.25) is 0 Å². The maximum atomic E-state index is 6.11. The lowest BCUT2D eigenvalue weighted by Crippen LogP contribution is -2.16. The molecule has 4 heteroatoms. The number of nitrogens with one attached hydrogen (secondary N) is 1. The van der Waals surface area contributed by atoms with Crippen LogP contribution in [0.4, 0.5) is 11.4 Å². The van der Waals surface area contributed by atoms with Gasteiger partial charge in [0.15, 0.2) is 0 Å². The molecular formula is C16H26N2O2. The van der Waals surface area contributed by atoms with E-state index >= 15 is 0 Å². The van der Waals surface area contributed by atoms with Crippen molar-refractivity contribution in [3.05, 3.63) is 18.2 Å². The molecule has 1 aromatic rings. The first-order chi connectivity index (χ1) is 9.66. The summed E-state index contributed by atoms with van der Waals surface area (Å²) in [6.07, 6.45) is 5.61. The van der Waals surface area contributed by atoms with E-state index < -0.39 is 0 Å². The summed E-state index contributed by atoms with van der Waals surface area (Å²) in [5.41, 5.74) is 7.69. The fourth-order valence-electron chi connectivity index (χ4n) is 2.52. The third-order valence-electron chi connectivity index (χ3n) is 3.50. The van der Waals surface area contributed by atoms with Crippen LogP contribution in [0.1, 0.15) is 39.5 Å². The lowest BCUT2D eigenvalue weighted by Gasteiger charge is -2.16. The van der Waals surface area contributed by atoms with Gasteiger partial charge in [-0.2, -0.15) is 0 Å². The van der Waals surface area contributed by atoms with Crippen molar-refractivity contribution in [2.45, 2.75) is 51.7 Å². The van der Waals surface area contributed by atoms with Crippen LogP contribution in [-0.2, 0) is 4.74 Å². The van der Waals surface area contributed by atoms with Crippen molar-refractivity contribution in [1.29, 1.82) is 0 Å². The Kier molecular flexibility index (Phi) is 5.53. The van der Waals surface area contributed by atoms with Gasteiger partial charge in [-0.1, -0.05) is 18.9 Å². The van der Waals surface area contributed by atoms with E-state index in [9.17, 15) is 0 Å². The number of rotatable bonds is 7. The molecule has 1 fully saturated rings. The van der Waals surface area contributed by atoms with Gasteiger partial charge in [-0.25, -0.2) is 0 Å². The van der Waals surface area contributed by atoms with Gasteiger partial charge in [-0.05, 0) is 38.8 Å². The molecular weight excluding hydrogens is 252 g/mol. The van der Waals surface area contributed by atoms with Crippen LogP contribution in [0.5, 0.6) is 5.75 Å². The molecule has 0 atom stereocenters. The molecule has 0 aromatic heterocycles. The number of para-hydroxylation sites is 1. The zero-order chi connectivity index (χ0) is 14.4. The molecule has 1 aliphatic carbocycles. The molecule has 20 heavy (non-hydrogen) atoms. The smallest absolute Gasteiger partial charge is 0.144 e. The average molecular weight is 278 g/mol. The quantitative estimate of drug-likeness (QED) is 0.592. The molecule has 0 unspecified atom stereocenters. The summed E-state index contributed by atoms with van der Waals surface area (Å²) in [5.74, 6) is 0.738. The van der Waals surface area contributed by atoms with Crippen molar-refractivity contribution in [2.24, 2.45) is 0 Å². The Morgan fingerprint density at radius 2 is 2.05 bits per heavy atom. The van der Waals surface area contributed by atoms with Crippen LogP contribution in [0.2, 0.25) is 0 Å². The highest BCUT2D eigenvalue weighted by Crippen LogP contribution is 2.30. The van der Waals surface area contributed by atoms with Gasteiger partial charge in [-0.3, -0.25) is 0 Å². The summed E-state index contributed by atoms with van der Waals surface area (Å²) in [6, 6.07) is 5.82. The second kappa shape index (κ2) is 7.39. The number of hydrogen-bond donors (Lipinski definition) is 2. The molecule has 1 aliphatic rings. The first-order valence-corrected chi connectivity index (χ1v) is 7.57. The van der Waals surface area contributed by atoms with Crippen LogP contribution < -0.4 is 15.8 Å². The van der Waals surface area contributed by atoms with Gasteiger partial charge in [0.25, 0.3) is 0 Å².